The lowest BCUT2D eigenvalue weighted by atomic mass is 10.1. The highest BCUT2D eigenvalue weighted by Gasteiger charge is 1.89. The standard InChI is InChI=1S/C11H14O/c1-9-5-4-6-11(7-9)8-10(2)12-3/h4-8H,1-3H3/b10-8+. The molecule has 0 atom stereocenters. The number of hydrogen-bond acceptors (Lipinski definition) is 1. The molecule has 0 aliphatic heterocycles. The van der Waals surface area contributed by atoms with E-state index in [1.54, 1.807) is 7.11 Å². The Bertz CT molecular complexity index is 287. The molecule has 0 radical (unpaired) electrons. The van der Waals surface area contributed by atoms with Crippen LogP contribution in [0.2, 0.25) is 0 Å². The molecule has 0 spiro atoms. The van der Waals surface area contributed by atoms with Gasteiger partial charge in [0.25, 0.3) is 0 Å². The van der Waals surface area contributed by atoms with Gasteiger partial charge in [0.15, 0.2) is 0 Å². The topological polar surface area (TPSA) is 9.23 Å². The summed E-state index contributed by atoms with van der Waals surface area (Å²) in [6, 6.07) is 8.32. The highest BCUT2D eigenvalue weighted by atomic mass is 16.5. The van der Waals surface area contributed by atoms with Gasteiger partial charge in [-0.3, -0.25) is 0 Å². The van der Waals surface area contributed by atoms with Gasteiger partial charge >= 0.3 is 0 Å². The van der Waals surface area contributed by atoms with Gasteiger partial charge in [-0.2, -0.15) is 0 Å². The zero-order chi connectivity index (χ0) is 8.97. The molecule has 0 aromatic heterocycles. The molecule has 0 bridgehead atoms. The zero-order valence-corrected chi connectivity index (χ0v) is 7.79. The van der Waals surface area contributed by atoms with Gasteiger partial charge in [0.2, 0.25) is 0 Å². The Morgan fingerprint density at radius 3 is 2.75 bits per heavy atom. The normalized spacial score (nSPS) is 11.4. The minimum absolute atomic E-state index is 0.931. The molecule has 12 heavy (non-hydrogen) atoms. The number of rotatable bonds is 2. The van der Waals surface area contributed by atoms with E-state index in [2.05, 4.69) is 25.1 Å². The lowest BCUT2D eigenvalue weighted by molar-refractivity contribution is 0.297. The third-order valence-corrected chi connectivity index (χ3v) is 1.73. The van der Waals surface area contributed by atoms with Gasteiger partial charge in [0.05, 0.1) is 12.9 Å². The first-order valence-electron chi connectivity index (χ1n) is 4.01. The van der Waals surface area contributed by atoms with Crippen molar-refractivity contribution in [2.45, 2.75) is 13.8 Å². The van der Waals surface area contributed by atoms with Crippen LogP contribution in [0, 0.1) is 6.92 Å². The highest BCUT2D eigenvalue weighted by Crippen LogP contribution is 2.08. The molecule has 0 N–H and O–H groups in total. The molecule has 1 heteroatoms. The van der Waals surface area contributed by atoms with Crippen LogP contribution in [0.5, 0.6) is 0 Å². The van der Waals surface area contributed by atoms with Gasteiger partial charge < -0.3 is 4.74 Å². The number of benzene rings is 1. The van der Waals surface area contributed by atoms with Crippen molar-refractivity contribution in [3.63, 3.8) is 0 Å². The van der Waals surface area contributed by atoms with Crippen molar-refractivity contribution in [1.29, 1.82) is 0 Å². The average Bonchev–Trinajstić information content (AvgIpc) is 2.04. The van der Waals surface area contributed by atoms with Crippen LogP contribution in [0.3, 0.4) is 0 Å². The summed E-state index contributed by atoms with van der Waals surface area (Å²) in [5.74, 6) is 0.931. The Balaban J connectivity index is 2.89. The first-order valence-corrected chi connectivity index (χ1v) is 4.01. The first kappa shape index (κ1) is 8.85. The molecule has 1 nitrogen and oxygen atoms in total. The quantitative estimate of drug-likeness (QED) is 0.607. The van der Waals surface area contributed by atoms with Crippen molar-refractivity contribution < 1.29 is 4.74 Å². The Kier molecular flexibility index (Phi) is 2.92. The molecule has 1 rings (SSSR count). The fourth-order valence-corrected chi connectivity index (χ4v) is 1.05. The van der Waals surface area contributed by atoms with Crippen LogP contribution < -0.4 is 0 Å². The minimum atomic E-state index is 0.931. The summed E-state index contributed by atoms with van der Waals surface area (Å²) in [5, 5.41) is 0. The maximum absolute atomic E-state index is 5.06. The molecule has 1 aromatic rings. The first-order chi connectivity index (χ1) is 5.72. The summed E-state index contributed by atoms with van der Waals surface area (Å²) in [4.78, 5) is 0. The van der Waals surface area contributed by atoms with Crippen LogP contribution in [0.4, 0.5) is 0 Å². The molecule has 0 fully saturated rings. The number of allylic oxidation sites excluding steroid dienone is 1. The van der Waals surface area contributed by atoms with Gasteiger partial charge in [-0.25, -0.2) is 0 Å². The van der Waals surface area contributed by atoms with Gasteiger partial charge in [-0.05, 0) is 25.5 Å². The summed E-state index contributed by atoms with van der Waals surface area (Å²) in [7, 11) is 1.68. The van der Waals surface area contributed by atoms with Crippen LogP contribution in [-0.4, -0.2) is 7.11 Å². The van der Waals surface area contributed by atoms with Gasteiger partial charge in [0, 0.05) is 0 Å². The molecule has 0 saturated carbocycles. The lowest BCUT2D eigenvalue weighted by Crippen LogP contribution is -1.80. The second kappa shape index (κ2) is 3.96. The van der Waals surface area contributed by atoms with Crippen LogP contribution in [0.1, 0.15) is 18.1 Å². The molecule has 0 aliphatic carbocycles. The smallest absolute Gasteiger partial charge is 0.0930 e. The van der Waals surface area contributed by atoms with E-state index in [0.29, 0.717) is 0 Å². The van der Waals surface area contributed by atoms with Crippen molar-refractivity contribution >= 4 is 6.08 Å². The van der Waals surface area contributed by atoms with E-state index < -0.39 is 0 Å². The third-order valence-electron chi connectivity index (χ3n) is 1.73. The zero-order valence-electron chi connectivity index (χ0n) is 7.79. The predicted octanol–water partition coefficient (Wildman–Crippen LogP) is 3.00. The second-order valence-electron chi connectivity index (χ2n) is 2.87. The molecule has 0 saturated heterocycles. The molecule has 0 aliphatic rings. The van der Waals surface area contributed by atoms with Gasteiger partial charge in [-0.15, -0.1) is 0 Å². The Morgan fingerprint density at radius 1 is 1.42 bits per heavy atom. The third kappa shape index (κ3) is 2.42. The fraction of sp³-hybridized carbons (Fsp3) is 0.273. The number of aryl methyl sites for hydroxylation is 1. The van der Waals surface area contributed by atoms with Crippen molar-refractivity contribution in [2.75, 3.05) is 7.11 Å². The molecular weight excluding hydrogens is 148 g/mol. The van der Waals surface area contributed by atoms with E-state index in [-0.39, 0.29) is 0 Å². The van der Waals surface area contributed by atoms with Crippen LogP contribution in [-0.2, 0) is 4.74 Å². The molecule has 1 aromatic carbocycles. The molecule has 0 heterocycles. The van der Waals surface area contributed by atoms with Gasteiger partial charge in [-0.1, -0.05) is 29.8 Å². The second-order valence-corrected chi connectivity index (χ2v) is 2.87. The van der Waals surface area contributed by atoms with E-state index >= 15 is 0 Å². The SMILES string of the molecule is CO/C(C)=C/c1cccc(C)c1. The number of methoxy groups -OCH3 is 1. The van der Waals surface area contributed by atoms with Gasteiger partial charge in [0.1, 0.15) is 0 Å². The Labute approximate surface area is 73.7 Å². The summed E-state index contributed by atoms with van der Waals surface area (Å²) in [6.07, 6.45) is 2.02. The molecular formula is C11H14O. The highest BCUT2D eigenvalue weighted by molar-refractivity contribution is 5.51. The Hall–Kier alpha value is -1.24. The van der Waals surface area contributed by atoms with Crippen LogP contribution >= 0.6 is 0 Å². The largest absolute Gasteiger partial charge is 0.501 e. The lowest BCUT2D eigenvalue weighted by Gasteiger charge is -1.99. The molecule has 64 valence electrons. The summed E-state index contributed by atoms with van der Waals surface area (Å²) < 4.78 is 5.06. The van der Waals surface area contributed by atoms with E-state index in [1.807, 2.05) is 19.1 Å². The summed E-state index contributed by atoms with van der Waals surface area (Å²) in [5.41, 5.74) is 2.46. The monoisotopic (exact) mass is 162 g/mol. The van der Waals surface area contributed by atoms with Crippen molar-refractivity contribution in [3.8, 4) is 0 Å². The van der Waals surface area contributed by atoms with E-state index in [4.69, 9.17) is 4.74 Å². The maximum Gasteiger partial charge on any atom is 0.0930 e. The van der Waals surface area contributed by atoms with E-state index in [0.717, 1.165) is 5.76 Å². The Morgan fingerprint density at radius 2 is 2.17 bits per heavy atom. The minimum Gasteiger partial charge on any atom is -0.501 e. The van der Waals surface area contributed by atoms with E-state index in [9.17, 15) is 0 Å². The molecule has 0 amide bonds. The van der Waals surface area contributed by atoms with Crippen LogP contribution in [0.25, 0.3) is 6.08 Å². The van der Waals surface area contributed by atoms with Crippen molar-refractivity contribution in [2.24, 2.45) is 0 Å². The maximum atomic E-state index is 5.06. The average molecular weight is 162 g/mol. The summed E-state index contributed by atoms with van der Waals surface area (Å²) >= 11 is 0. The van der Waals surface area contributed by atoms with Crippen molar-refractivity contribution in [1.82, 2.24) is 0 Å². The molecule has 0 unspecified atom stereocenters. The number of hydrogen-bond donors (Lipinski definition) is 0. The predicted molar refractivity (Wildman–Crippen MR) is 51.8 cm³/mol. The van der Waals surface area contributed by atoms with Crippen LogP contribution in [0.15, 0.2) is 30.0 Å². The number of ether oxygens (including phenoxy) is 1. The fourth-order valence-electron chi connectivity index (χ4n) is 1.05. The summed E-state index contributed by atoms with van der Waals surface area (Å²) in [6.45, 7) is 4.03. The van der Waals surface area contributed by atoms with E-state index in [1.165, 1.54) is 11.1 Å². The van der Waals surface area contributed by atoms with Crippen molar-refractivity contribution in [3.05, 3.63) is 41.2 Å².